The molecule has 0 spiro atoms. The first kappa shape index (κ1) is 26.8. The molecule has 0 bridgehead atoms. The zero-order valence-corrected chi connectivity index (χ0v) is 20.7. The van der Waals surface area contributed by atoms with Gasteiger partial charge < -0.3 is 25.0 Å². The van der Waals surface area contributed by atoms with Gasteiger partial charge in [-0.15, -0.1) is 24.0 Å². The van der Waals surface area contributed by atoms with Crippen molar-refractivity contribution >= 4 is 29.9 Å². The van der Waals surface area contributed by atoms with Crippen molar-refractivity contribution in [3.63, 3.8) is 0 Å². The van der Waals surface area contributed by atoms with Crippen LogP contribution in [0.2, 0.25) is 0 Å². The Balaban J connectivity index is 0.00000729. The van der Waals surface area contributed by atoms with Gasteiger partial charge in [0, 0.05) is 32.2 Å². The predicted molar refractivity (Wildman–Crippen MR) is 130 cm³/mol. The van der Waals surface area contributed by atoms with Gasteiger partial charge >= 0.3 is 0 Å². The maximum atomic E-state index is 5.65. The van der Waals surface area contributed by atoms with Gasteiger partial charge in [-0.05, 0) is 65.3 Å². The second-order valence-corrected chi connectivity index (χ2v) is 6.78. The fourth-order valence-electron chi connectivity index (χ4n) is 2.57. The third-order valence-electron chi connectivity index (χ3n) is 4.40. The minimum absolute atomic E-state index is 0. The standard InChI is InChI=1S/C21H38N4O2.HI/c1-7-22-21(24-14-15-25(5)17(3)4)23-13-9-10-18-11-12-19(26-6)20(16-18)27-8-2;/h11-12,16-17H,7-10,13-15H2,1-6H3,(H2,22,23,24);1H. The molecule has 0 heterocycles. The topological polar surface area (TPSA) is 58.1 Å². The van der Waals surface area contributed by atoms with E-state index in [0.29, 0.717) is 12.6 Å². The smallest absolute Gasteiger partial charge is 0.191 e. The van der Waals surface area contributed by atoms with Crippen molar-refractivity contribution < 1.29 is 9.47 Å². The molecule has 6 nitrogen and oxygen atoms in total. The van der Waals surface area contributed by atoms with Crippen LogP contribution in [0, 0.1) is 0 Å². The van der Waals surface area contributed by atoms with E-state index in [2.05, 4.69) is 60.5 Å². The van der Waals surface area contributed by atoms with Gasteiger partial charge in [-0.1, -0.05) is 6.07 Å². The Bertz CT molecular complexity index is 567. The number of nitrogens with zero attached hydrogens (tertiary/aromatic N) is 2. The molecular weight excluding hydrogens is 467 g/mol. The number of nitrogens with one attached hydrogen (secondary N) is 2. The number of benzene rings is 1. The van der Waals surface area contributed by atoms with Crippen molar-refractivity contribution in [3.05, 3.63) is 23.8 Å². The summed E-state index contributed by atoms with van der Waals surface area (Å²) in [6, 6.07) is 6.69. The highest BCUT2D eigenvalue weighted by atomic mass is 127. The van der Waals surface area contributed by atoms with E-state index < -0.39 is 0 Å². The molecule has 0 fully saturated rings. The number of guanidine groups is 1. The number of rotatable bonds is 12. The lowest BCUT2D eigenvalue weighted by Crippen LogP contribution is -2.42. The van der Waals surface area contributed by atoms with Crippen LogP contribution in [0.5, 0.6) is 11.5 Å². The molecular formula is C21H39IN4O2. The quantitative estimate of drug-likeness (QED) is 0.197. The van der Waals surface area contributed by atoms with E-state index in [1.165, 1.54) is 5.56 Å². The van der Waals surface area contributed by atoms with Crippen LogP contribution in [-0.4, -0.2) is 63.8 Å². The number of likely N-dealkylation sites (N-methyl/N-ethyl adjacent to an activating group) is 1. The molecule has 162 valence electrons. The Morgan fingerprint density at radius 2 is 1.93 bits per heavy atom. The van der Waals surface area contributed by atoms with E-state index in [9.17, 15) is 0 Å². The van der Waals surface area contributed by atoms with Crippen LogP contribution in [0.3, 0.4) is 0 Å². The second-order valence-electron chi connectivity index (χ2n) is 6.78. The van der Waals surface area contributed by atoms with E-state index >= 15 is 0 Å². The zero-order chi connectivity index (χ0) is 20.1. The van der Waals surface area contributed by atoms with Crippen LogP contribution in [0.25, 0.3) is 0 Å². The number of aliphatic imine (C=N–C) groups is 1. The molecule has 0 radical (unpaired) electrons. The number of hydrogen-bond donors (Lipinski definition) is 2. The highest BCUT2D eigenvalue weighted by Crippen LogP contribution is 2.28. The average molecular weight is 506 g/mol. The van der Waals surface area contributed by atoms with Crippen LogP contribution in [-0.2, 0) is 6.42 Å². The number of halogens is 1. The summed E-state index contributed by atoms with van der Waals surface area (Å²) in [5, 5.41) is 6.72. The summed E-state index contributed by atoms with van der Waals surface area (Å²) in [5.74, 6) is 2.48. The van der Waals surface area contributed by atoms with E-state index in [-0.39, 0.29) is 24.0 Å². The van der Waals surface area contributed by atoms with Gasteiger partial charge in [-0.25, -0.2) is 0 Å². The second kappa shape index (κ2) is 15.7. The fourth-order valence-corrected chi connectivity index (χ4v) is 2.57. The molecule has 0 aromatic heterocycles. The van der Waals surface area contributed by atoms with E-state index in [0.717, 1.165) is 56.5 Å². The van der Waals surface area contributed by atoms with Crippen LogP contribution >= 0.6 is 24.0 Å². The molecule has 0 aliphatic heterocycles. The fraction of sp³-hybridized carbons (Fsp3) is 0.667. The van der Waals surface area contributed by atoms with Gasteiger partial charge in [0.25, 0.3) is 0 Å². The van der Waals surface area contributed by atoms with Gasteiger partial charge in [0.05, 0.1) is 13.7 Å². The molecule has 7 heteroatoms. The van der Waals surface area contributed by atoms with Crippen LogP contribution in [0.1, 0.15) is 39.7 Å². The summed E-state index contributed by atoms with van der Waals surface area (Å²) in [7, 11) is 3.81. The predicted octanol–water partition coefficient (Wildman–Crippen LogP) is 3.54. The Morgan fingerprint density at radius 1 is 1.18 bits per heavy atom. The highest BCUT2D eigenvalue weighted by molar-refractivity contribution is 14.0. The van der Waals surface area contributed by atoms with Gasteiger partial charge in [0.1, 0.15) is 0 Å². The molecule has 2 N–H and O–H groups in total. The molecule has 28 heavy (non-hydrogen) atoms. The van der Waals surface area contributed by atoms with Gasteiger partial charge in [-0.3, -0.25) is 4.99 Å². The van der Waals surface area contributed by atoms with E-state index in [4.69, 9.17) is 9.47 Å². The van der Waals surface area contributed by atoms with Gasteiger partial charge in [-0.2, -0.15) is 0 Å². The Labute approximate surface area is 188 Å². The first-order valence-corrected chi connectivity index (χ1v) is 10.0. The summed E-state index contributed by atoms with van der Waals surface area (Å²) in [5.41, 5.74) is 1.24. The van der Waals surface area contributed by atoms with Crippen LogP contribution in [0.15, 0.2) is 23.2 Å². The number of aryl methyl sites for hydroxylation is 1. The van der Waals surface area contributed by atoms with Crippen molar-refractivity contribution in [3.8, 4) is 11.5 Å². The summed E-state index contributed by atoms with van der Waals surface area (Å²) in [6.07, 6.45) is 1.95. The Morgan fingerprint density at radius 3 is 2.54 bits per heavy atom. The largest absolute Gasteiger partial charge is 0.493 e. The van der Waals surface area contributed by atoms with Crippen molar-refractivity contribution in [1.29, 1.82) is 0 Å². The zero-order valence-electron chi connectivity index (χ0n) is 18.4. The Hall–Kier alpha value is -1.22. The van der Waals surface area contributed by atoms with Crippen LogP contribution < -0.4 is 20.1 Å². The molecule has 1 rings (SSSR count). The van der Waals surface area contributed by atoms with Crippen LogP contribution in [0.4, 0.5) is 0 Å². The molecule has 1 aromatic rings. The maximum absolute atomic E-state index is 5.65. The van der Waals surface area contributed by atoms with Crippen molar-refractivity contribution in [1.82, 2.24) is 15.5 Å². The number of hydrogen-bond acceptors (Lipinski definition) is 4. The third-order valence-corrected chi connectivity index (χ3v) is 4.40. The first-order valence-electron chi connectivity index (χ1n) is 10.0. The van der Waals surface area contributed by atoms with Gasteiger partial charge in [0.15, 0.2) is 17.5 Å². The monoisotopic (exact) mass is 506 g/mol. The lowest BCUT2D eigenvalue weighted by Gasteiger charge is -2.21. The average Bonchev–Trinajstić information content (AvgIpc) is 2.65. The summed E-state index contributed by atoms with van der Waals surface area (Å²) < 4.78 is 11.0. The first-order chi connectivity index (χ1) is 13.0. The SMILES string of the molecule is CCNC(=NCCCc1ccc(OC)c(OCC)c1)NCCN(C)C(C)C.I. The lowest BCUT2D eigenvalue weighted by molar-refractivity contribution is 0.278. The maximum Gasteiger partial charge on any atom is 0.191 e. The highest BCUT2D eigenvalue weighted by Gasteiger charge is 2.06. The summed E-state index contributed by atoms with van der Waals surface area (Å²) in [4.78, 5) is 7.00. The molecule has 0 aliphatic rings. The minimum atomic E-state index is 0. The number of methoxy groups -OCH3 is 1. The molecule has 0 unspecified atom stereocenters. The van der Waals surface area contributed by atoms with E-state index in [1.807, 2.05) is 13.0 Å². The van der Waals surface area contributed by atoms with Crippen molar-refractivity contribution in [2.24, 2.45) is 4.99 Å². The molecule has 0 atom stereocenters. The van der Waals surface area contributed by atoms with Gasteiger partial charge in [0.2, 0.25) is 0 Å². The Kier molecular flexibility index (Phi) is 15.0. The molecule has 1 aromatic carbocycles. The molecule has 0 saturated carbocycles. The molecule has 0 amide bonds. The van der Waals surface area contributed by atoms with Crippen molar-refractivity contribution in [2.75, 3.05) is 46.9 Å². The van der Waals surface area contributed by atoms with Crippen molar-refractivity contribution in [2.45, 2.75) is 46.6 Å². The summed E-state index contributed by atoms with van der Waals surface area (Å²) >= 11 is 0. The van der Waals surface area contributed by atoms with E-state index in [1.54, 1.807) is 7.11 Å². The summed E-state index contributed by atoms with van der Waals surface area (Å²) in [6.45, 7) is 12.6. The molecule has 0 saturated heterocycles. The minimum Gasteiger partial charge on any atom is -0.493 e. The number of ether oxygens (including phenoxy) is 2. The lowest BCUT2D eigenvalue weighted by atomic mass is 10.1. The molecule has 0 aliphatic carbocycles. The third kappa shape index (κ3) is 10.4. The normalized spacial score (nSPS) is 11.4.